The Kier molecular flexibility index (Phi) is 3.16. The molecule has 12 heavy (non-hydrogen) atoms. The highest BCUT2D eigenvalue weighted by atomic mass is 35.5. The minimum absolute atomic E-state index is 0.199. The van der Waals surface area contributed by atoms with E-state index in [2.05, 4.69) is 13.8 Å². The smallest absolute Gasteiger partial charge is 0.150 e. The van der Waals surface area contributed by atoms with Crippen LogP contribution in [0.4, 0.5) is 0 Å². The molecule has 1 nitrogen and oxygen atoms in total. The Balaban J connectivity index is 2.41. The summed E-state index contributed by atoms with van der Waals surface area (Å²) in [4.78, 5) is 11.2. The zero-order chi connectivity index (χ0) is 9.19. The molecule has 0 N–H and O–H groups in total. The van der Waals surface area contributed by atoms with Crippen LogP contribution < -0.4 is 0 Å². The number of rotatable bonds is 2. The van der Waals surface area contributed by atoms with Crippen molar-refractivity contribution in [1.82, 2.24) is 0 Å². The largest absolute Gasteiger partial charge is 0.298 e. The van der Waals surface area contributed by atoms with E-state index in [4.69, 9.17) is 11.6 Å². The molecule has 1 saturated carbocycles. The van der Waals surface area contributed by atoms with Crippen LogP contribution in [0.3, 0.4) is 0 Å². The Bertz CT molecular complexity index is 165. The summed E-state index contributed by atoms with van der Waals surface area (Å²) in [6.45, 7) is 4.54. The predicted molar refractivity (Wildman–Crippen MR) is 51.5 cm³/mol. The van der Waals surface area contributed by atoms with E-state index in [1.807, 2.05) is 0 Å². The fraction of sp³-hybridized carbons (Fsp3) is 0.900. The monoisotopic (exact) mass is 188 g/mol. The van der Waals surface area contributed by atoms with Gasteiger partial charge in [-0.25, -0.2) is 0 Å². The van der Waals surface area contributed by atoms with Gasteiger partial charge in [0, 0.05) is 5.92 Å². The molecule has 0 radical (unpaired) electrons. The summed E-state index contributed by atoms with van der Waals surface area (Å²) in [5, 5.41) is 0. The molecule has 1 aliphatic carbocycles. The van der Waals surface area contributed by atoms with Crippen molar-refractivity contribution in [3.8, 4) is 0 Å². The number of halogens is 1. The highest BCUT2D eigenvalue weighted by Crippen LogP contribution is 2.38. The van der Waals surface area contributed by atoms with Crippen LogP contribution in [0, 0.1) is 11.3 Å². The Morgan fingerprint density at radius 2 is 1.92 bits per heavy atom. The van der Waals surface area contributed by atoms with Crippen molar-refractivity contribution in [2.75, 3.05) is 5.88 Å². The molecule has 1 fully saturated rings. The molecular weight excluding hydrogens is 172 g/mol. The lowest BCUT2D eigenvalue weighted by Crippen LogP contribution is -2.26. The Morgan fingerprint density at radius 3 is 2.33 bits per heavy atom. The van der Waals surface area contributed by atoms with Crippen molar-refractivity contribution in [2.45, 2.75) is 39.5 Å². The van der Waals surface area contributed by atoms with Gasteiger partial charge in [-0.05, 0) is 31.1 Å². The van der Waals surface area contributed by atoms with Crippen molar-refractivity contribution in [1.29, 1.82) is 0 Å². The first kappa shape index (κ1) is 10.0. The number of hydrogen-bond acceptors (Lipinski definition) is 1. The molecule has 1 rings (SSSR count). The molecule has 0 spiro atoms. The van der Waals surface area contributed by atoms with Gasteiger partial charge in [0.25, 0.3) is 0 Å². The van der Waals surface area contributed by atoms with E-state index >= 15 is 0 Å². The van der Waals surface area contributed by atoms with E-state index in [0.29, 0.717) is 5.41 Å². The molecule has 0 atom stereocenters. The number of carbonyl (C=O) groups is 1. The summed E-state index contributed by atoms with van der Waals surface area (Å²) < 4.78 is 0. The third-order valence-corrected chi connectivity index (χ3v) is 3.19. The zero-order valence-corrected chi connectivity index (χ0v) is 8.66. The Morgan fingerprint density at radius 1 is 1.42 bits per heavy atom. The second-order valence-corrected chi connectivity index (χ2v) is 4.81. The first-order valence-electron chi connectivity index (χ1n) is 4.64. The van der Waals surface area contributed by atoms with Gasteiger partial charge in [-0.15, -0.1) is 11.6 Å². The van der Waals surface area contributed by atoms with E-state index < -0.39 is 0 Å². The standard InChI is InChI=1S/C10H17ClO/c1-10(2)5-3-8(4-6-10)9(12)7-11/h8H,3-7H2,1-2H3. The SMILES string of the molecule is CC1(C)CCC(C(=O)CCl)CC1. The lowest BCUT2D eigenvalue weighted by Gasteiger charge is -2.33. The Hall–Kier alpha value is -0.0400. The summed E-state index contributed by atoms with van der Waals surface area (Å²) in [5.74, 6) is 0.702. The summed E-state index contributed by atoms with van der Waals surface area (Å²) in [7, 11) is 0. The van der Waals surface area contributed by atoms with Gasteiger partial charge in [-0.2, -0.15) is 0 Å². The van der Waals surface area contributed by atoms with E-state index in [9.17, 15) is 4.79 Å². The molecule has 0 aromatic rings. The fourth-order valence-corrected chi connectivity index (χ4v) is 2.05. The van der Waals surface area contributed by atoms with Crippen LogP contribution in [0.1, 0.15) is 39.5 Å². The molecule has 0 heterocycles. The van der Waals surface area contributed by atoms with Gasteiger partial charge in [0.15, 0.2) is 5.78 Å². The van der Waals surface area contributed by atoms with Crippen LogP contribution in [0.15, 0.2) is 0 Å². The zero-order valence-electron chi connectivity index (χ0n) is 7.90. The highest BCUT2D eigenvalue weighted by Gasteiger charge is 2.29. The first-order valence-corrected chi connectivity index (χ1v) is 5.17. The fourth-order valence-electron chi connectivity index (χ4n) is 1.83. The van der Waals surface area contributed by atoms with E-state index in [1.54, 1.807) is 0 Å². The summed E-state index contributed by atoms with van der Waals surface area (Å²) in [5.41, 5.74) is 0.448. The minimum Gasteiger partial charge on any atom is -0.298 e. The third-order valence-electron chi connectivity index (χ3n) is 2.93. The molecule has 0 unspecified atom stereocenters. The van der Waals surface area contributed by atoms with Crippen molar-refractivity contribution in [2.24, 2.45) is 11.3 Å². The molecule has 0 saturated heterocycles. The second-order valence-electron chi connectivity index (χ2n) is 4.54. The van der Waals surface area contributed by atoms with Crippen molar-refractivity contribution >= 4 is 17.4 Å². The Labute approximate surface area is 79.5 Å². The number of alkyl halides is 1. The summed E-state index contributed by atoms with van der Waals surface area (Å²) in [6, 6.07) is 0. The average molecular weight is 189 g/mol. The van der Waals surface area contributed by atoms with Gasteiger partial charge in [0.2, 0.25) is 0 Å². The molecule has 0 amide bonds. The van der Waals surface area contributed by atoms with Gasteiger partial charge in [0.1, 0.15) is 0 Å². The number of hydrogen-bond donors (Lipinski definition) is 0. The minimum atomic E-state index is 0.199. The maximum atomic E-state index is 11.2. The molecule has 0 aromatic carbocycles. The van der Waals surface area contributed by atoms with Gasteiger partial charge in [-0.3, -0.25) is 4.79 Å². The van der Waals surface area contributed by atoms with Crippen LogP contribution in [0.2, 0.25) is 0 Å². The maximum absolute atomic E-state index is 11.2. The van der Waals surface area contributed by atoms with Gasteiger partial charge < -0.3 is 0 Å². The molecule has 2 heteroatoms. The van der Waals surface area contributed by atoms with Crippen LogP contribution >= 0.6 is 11.6 Å². The summed E-state index contributed by atoms with van der Waals surface area (Å²) in [6.07, 6.45) is 4.41. The molecule has 1 aliphatic rings. The van der Waals surface area contributed by atoms with Crippen LogP contribution in [-0.2, 0) is 4.79 Å². The van der Waals surface area contributed by atoms with Gasteiger partial charge >= 0.3 is 0 Å². The lowest BCUT2D eigenvalue weighted by atomic mass is 9.72. The molecule has 0 aromatic heterocycles. The third kappa shape index (κ3) is 2.48. The van der Waals surface area contributed by atoms with E-state index in [-0.39, 0.29) is 17.6 Å². The molecule has 70 valence electrons. The topological polar surface area (TPSA) is 17.1 Å². The first-order chi connectivity index (χ1) is 5.55. The van der Waals surface area contributed by atoms with Crippen LogP contribution in [0.5, 0.6) is 0 Å². The maximum Gasteiger partial charge on any atom is 0.150 e. The van der Waals surface area contributed by atoms with Crippen LogP contribution in [0.25, 0.3) is 0 Å². The molecule has 0 bridgehead atoms. The summed E-state index contributed by atoms with van der Waals surface area (Å²) >= 11 is 5.51. The highest BCUT2D eigenvalue weighted by molar-refractivity contribution is 6.27. The molecular formula is C10H17ClO. The van der Waals surface area contributed by atoms with Crippen molar-refractivity contribution in [3.05, 3.63) is 0 Å². The number of Topliss-reactive ketones (excluding diaryl/α,β-unsaturated/α-hetero) is 1. The number of ketones is 1. The number of carbonyl (C=O) groups excluding carboxylic acids is 1. The van der Waals surface area contributed by atoms with Crippen molar-refractivity contribution in [3.63, 3.8) is 0 Å². The van der Waals surface area contributed by atoms with E-state index in [1.165, 1.54) is 12.8 Å². The van der Waals surface area contributed by atoms with Crippen molar-refractivity contribution < 1.29 is 4.79 Å². The predicted octanol–water partition coefficient (Wildman–Crippen LogP) is 3.01. The lowest BCUT2D eigenvalue weighted by molar-refractivity contribution is -0.121. The second kappa shape index (κ2) is 3.78. The van der Waals surface area contributed by atoms with Crippen LogP contribution in [-0.4, -0.2) is 11.7 Å². The quantitative estimate of drug-likeness (QED) is 0.609. The van der Waals surface area contributed by atoms with Gasteiger partial charge in [-0.1, -0.05) is 13.8 Å². The normalized spacial score (nSPS) is 23.9. The van der Waals surface area contributed by atoms with E-state index in [0.717, 1.165) is 12.8 Å². The van der Waals surface area contributed by atoms with Gasteiger partial charge in [0.05, 0.1) is 5.88 Å². The molecule has 0 aliphatic heterocycles. The average Bonchev–Trinajstić information content (AvgIpc) is 2.03.